The summed E-state index contributed by atoms with van der Waals surface area (Å²) >= 11 is 0. The van der Waals surface area contributed by atoms with Gasteiger partial charge in [-0.2, -0.15) is 0 Å². The molecule has 0 amide bonds. The molecule has 11 rings (SSSR count). The predicted octanol–water partition coefficient (Wildman–Crippen LogP) is 13.9. The van der Waals surface area contributed by atoms with E-state index >= 15 is 0 Å². The first-order valence-corrected chi connectivity index (χ1v) is 19.6. The molecular weight excluding hydrogens is 675 g/mol. The van der Waals surface area contributed by atoms with Gasteiger partial charge in [-0.25, -0.2) is 4.98 Å². The van der Waals surface area contributed by atoms with Gasteiger partial charge in [-0.05, 0) is 89.7 Å². The number of rotatable bonds is 4. The summed E-state index contributed by atoms with van der Waals surface area (Å²) in [5.74, 6) is 0. The zero-order valence-electron chi connectivity index (χ0n) is 31.5. The molecule has 0 unspecified atom stereocenters. The summed E-state index contributed by atoms with van der Waals surface area (Å²) in [6.07, 6.45) is 0. The van der Waals surface area contributed by atoms with Crippen LogP contribution >= 0.6 is 0 Å². The molecule has 1 aromatic heterocycles. The lowest BCUT2D eigenvalue weighted by Gasteiger charge is -2.46. The zero-order chi connectivity index (χ0) is 37.4. The van der Waals surface area contributed by atoms with Gasteiger partial charge < -0.3 is 0 Å². The summed E-state index contributed by atoms with van der Waals surface area (Å²) in [5, 5.41) is 2.41. The summed E-state index contributed by atoms with van der Waals surface area (Å²) in [4.78, 5) is 5.35. The molecule has 0 bridgehead atoms. The Morgan fingerprint density at radius 3 is 1.48 bits per heavy atom. The van der Waals surface area contributed by atoms with Crippen LogP contribution in [-0.2, 0) is 10.8 Å². The average molecular weight is 714 g/mol. The first-order chi connectivity index (χ1) is 27.5. The van der Waals surface area contributed by atoms with E-state index in [4.69, 9.17) is 4.98 Å². The predicted molar refractivity (Wildman–Crippen MR) is 233 cm³/mol. The summed E-state index contributed by atoms with van der Waals surface area (Å²) in [6, 6.07) is 73.7. The summed E-state index contributed by atoms with van der Waals surface area (Å²) in [6.45, 7) is 4.77. The van der Waals surface area contributed by atoms with Crippen LogP contribution in [0.1, 0.15) is 47.2 Å². The SMILES string of the molecule is CC1(C)c2ccccc2C2(c3ccccc3-c3c(-c4ccc(-c5cc(-c6ccccc6)cc(-c6ccccc6)n5)c5ccccc45)cccc32)c2ccccc21. The van der Waals surface area contributed by atoms with Crippen molar-refractivity contribution in [3.63, 3.8) is 0 Å². The van der Waals surface area contributed by atoms with Crippen molar-refractivity contribution >= 4 is 10.8 Å². The van der Waals surface area contributed by atoms with Crippen molar-refractivity contribution in [3.05, 3.63) is 234 Å². The molecule has 0 saturated carbocycles. The van der Waals surface area contributed by atoms with Crippen LogP contribution in [0, 0.1) is 0 Å². The van der Waals surface area contributed by atoms with Gasteiger partial charge in [0.25, 0.3) is 0 Å². The molecule has 56 heavy (non-hydrogen) atoms. The van der Waals surface area contributed by atoms with E-state index in [1.54, 1.807) is 0 Å². The lowest BCUT2D eigenvalue weighted by atomic mass is 9.55. The smallest absolute Gasteiger partial charge is 0.0721 e. The molecule has 264 valence electrons. The fourth-order valence-electron chi connectivity index (χ4n) is 10.1. The van der Waals surface area contributed by atoms with Gasteiger partial charge in [0.1, 0.15) is 0 Å². The molecule has 0 radical (unpaired) electrons. The Kier molecular flexibility index (Phi) is 7.18. The molecule has 2 aliphatic rings. The van der Waals surface area contributed by atoms with Gasteiger partial charge in [0, 0.05) is 16.5 Å². The Balaban J connectivity index is 1.17. The van der Waals surface area contributed by atoms with Crippen LogP contribution in [0.4, 0.5) is 0 Å². The second-order valence-electron chi connectivity index (χ2n) is 15.8. The van der Waals surface area contributed by atoms with E-state index in [1.807, 2.05) is 0 Å². The highest BCUT2D eigenvalue weighted by Crippen LogP contribution is 2.63. The third-order valence-corrected chi connectivity index (χ3v) is 12.6. The van der Waals surface area contributed by atoms with Crippen molar-refractivity contribution in [2.45, 2.75) is 24.7 Å². The van der Waals surface area contributed by atoms with Crippen LogP contribution in [0.15, 0.2) is 200 Å². The van der Waals surface area contributed by atoms with Gasteiger partial charge in [-0.15, -0.1) is 0 Å². The first-order valence-electron chi connectivity index (χ1n) is 19.6. The minimum absolute atomic E-state index is 0.133. The number of hydrogen-bond donors (Lipinski definition) is 0. The maximum atomic E-state index is 5.35. The van der Waals surface area contributed by atoms with Gasteiger partial charge in [0.15, 0.2) is 0 Å². The largest absolute Gasteiger partial charge is 0.248 e. The minimum Gasteiger partial charge on any atom is -0.248 e. The van der Waals surface area contributed by atoms with Gasteiger partial charge >= 0.3 is 0 Å². The van der Waals surface area contributed by atoms with Crippen molar-refractivity contribution in [3.8, 4) is 55.9 Å². The molecule has 2 aliphatic carbocycles. The molecule has 0 N–H and O–H groups in total. The third-order valence-electron chi connectivity index (χ3n) is 12.6. The Labute approximate surface area is 328 Å². The van der Waals surface area contributed by atoms with Crippen molar-refractivity contribution in [2.24, 2.45) is 0 Å². The number of aromatic nitrogens is 1. The van der Waals surface area contributed by atoms with E-state index in [0.717, 1.165) is 28.1 Å². The number of benzene rings is 8. The average Bonchev–Trinajstić information content (AvgIpc) is 3.57. The Bertz CT molecular complexity index is 2880. The van der Waals surface area contributed by atoms with Crippen LogP contribution in [0.3, 0.4) is 0 Å². The van der Waals surface area contributed by atoms with Gasteiger partial charge in [-0.3, -0.25) is 0 Å². The monoisotopic (exact) mass is 713 g/mol. The summed E-state index contributed by atoms with van der Waals surface area (Å²) in [7, 11) is 0. The normalized spacial score (nSPS) is 14.2. The molecule has 1 spiro atoms. The number of pyridine rings is 1. The second-order valence-corrected chi connectivity index (χ2v) is 15.8. The maximum Gasteiger partial charge on any atom is 0.0721 e. The van der Waals surface area contributed by atoms with Crippen LogP contribution in [0.5, 0.6) is 0 Å². The van der Waals surface area contributed by atoms with Gasteiger partial charge in [-0.1, -0.05) is 202 Å². The van der Waals surface area contributed by atoms with E-state index in [1.165, 1.54) is 72.0 Å². The molecule has 0 atom stereocenters. The van der Waals surface area contributed by atoms with Crippen molar-refractivity contribution in [2.75, 3.05) is 0 Å². The molecule has 1 heteroatoms. The Hall–Kier alpha value is -6.83. The van der Waals surface area contributed by atoms with Crippen molar-refractivity contribution in [1.29, 1.82) is 0 Å². The summed E-state index contributed by atoms with van der Waals surface area (Å²) in [5.41, 5.74) is 19.3. The third kappa shape index (κ3) is 4.58. The molecular formula is C55H39N. The lowest BCUT2D eigenvalue weighted by Crippen LogP contribution is -2.40. The quantitative estimate of drug-likeness (QED) is 0.177. The van der Waals surface area contributed by atoms with Crippen LogP contribution in [-0.4, -0.2) is 4.98 Å². The van der Waals surface area contributed by atoms with E-state index in [-0.39, 0.29) is 5.41 Å². The van der Waals surface area contributed by atoms with E-state index in [2.05, 4.69) is 214 Å². The summed E-state index contributed by atoms with van der Waals surface area (Å²) < 4.78 is 0. The standard InChI is InChI=1S/C55H39N/c1-54(2)46-27-13-15-29-48(46)55(49-30-16-14-28-47(49)54)45-26-12-11-24-44(45)53-43(25-17-31-50(53)55)41-32-33-42(40-23-10-9-22-39(40)41)52-35-38(36-18-5-3-6-19-36)34-51(56-52)37-20-7-4-8-21-37/h3-35H,1-2H3. The van der Waals surface area contributed by atoms with Crippen LogP contribution in [0.25, 0.3) is 66.7 Å². The molecule has 0 fully saturated rings. The Morgan fingerprint density at radius 1 is 0.321 bits per heavy atom. The van der Waals surface area contributed by atoms with Gasteiger partial charge in [0.2, 0.25) is 0 Å². The van der Waals surface area contributed by atoms with Crippen LogP contribution < -0.4 is 0 Å². The first kappa shape index (κ1) is 32.6. The second kappa shape index (κ2) is 12.3. The maximum absolute atomic E-state index is 5.35. The molecule has 0 saturated heterocycles. The zero-order valence-corrected chi connectivity index (χ0v) is 31.5. The molecule has 9 aromatic rings. The minimum atomic E-state index is -0.434. The van der Waals surface area contributed by atoms with Crippen molar-refractivity contribution in [1.82, 2.24) is 4.98 Å². The van der Waals surface area contributed by atoms with E-state index in [9.17, 15) is 0 Å². The Morgan fingerprint density at radius 2 is 0.804 bits per heavy atom. The van der Waals surface area contributed by atoms with Gasteiger partial charge in [0.05, 0.1) is 16.8 Å². The number of nitrogens with zero attached hydrogens (tertiary/aromatic N) is 1. The fourth-order valence-corrected chi connectivity index (χ4v) is 10.1. The van der Waals surface area contributed by atoms with Crippen LogP contribution in [0.2, 0.25) is 0 Å². The number of fused-ring (bicyclic) bond motifs is 10. The van der Waals surface area contributed by atoms with E-state index in [0.29, 0.717) is 0 Å². The highest BCUT2D eigenvalue weighted by Gasteiger charge is 2.53. The molecule has 1 heterocycles. The van der Waals surface area contributed by atoms with E-state index < -0.39 is 5.41 Å². The highest BCUT2D eigenvalue weighted by molar-refractivity contribution is 6.08. The fraction of sp³-hybridized carbons (Fsp3) is 0.0727. The molecule has 1 nitrogen and oxygen atoms in total. The topological polar surface area (TPSA) is 12.9 Å². The number of hydrogen-bond acceptors (Lipinski definition) is 1. The highest BCUT2D eigenvalue weighted by atomic mass is 14.7. The lowest BCUT2D eigenvalue weighted by molar-refractivity contribution is 0.563. The molecule has 0 aliphatic heterocycles. The van der Waals surface area contributed by atoms with Crippen molar-refractivity contribution < 1.29 is 0 Å². The molecule has 8 aromatic carbocycles.